The summed E-state index contributed by atoms with van der Waals surface area (Å²) in [5, 5.41) is 22.8. The summed E-state index contributed by atoms with van der Waals surface area (Å²) in [6, 6.07) is -0.330. The monoisotopic (exact) mass is 274 g/mol. The van der Waals surface area contributed by atoms with Gasteiger partial charge in [0.2, 0.25) is 0 Å². The van der Waals surface area contributed by atoms with Crippen LogP contribution in [0.5, 0.6) is 0 Å². The van der Waals surface area contributed by atoms with Crippen LogP contribution in [-0.2, 0) is 4.79 Å². The van der Waals surface area contributed by atoms with Crippen molar-refractivity contribution in [2.45, 2.75) is 40.2 Å². The summed E-state index contributed by atoms with van der Waals surface area (Å²) in [6.07, 6.45) is -1.43. The molecule has 0 bridgehead atoms. The number of nitrogens with one attached hydrogen (secondary N) is 2. The predicted octanol–water partition coefficient (Wildman–Crippen LogP) is 1.05. The number of aliphatic hydroxyl groups is 1. The van der Waals surface area contributed by atoms with E-state index in [0.29, 0.717) is 24.3 Å². The van der Waals surface area contributed by atoms with E-state index in [1.165, 1.54) is 0 Å². The Morgan fingerprint density at radius 1 is 1.05 bits per heavy atom. The number of carbonyl (C=O) groups excluding carboxylic acids is 1. The van der Waals surface area contributed by atoms with Gasteiger partial charge in [0.1, 0.15) is 0 Å². The summed E-state index contributed by atoms with van der Waals surface area (Å²) in [6.45, 7) is 9.19. The van der Waals surface area contributed by atoms with E-state index in [-0.39, 0.29) is 19.0 Å². The van der Waals surface area contributed by atoms with Gasteiger partial charge in [0.15, 0.2) is 6.10 Å². The average Bonchev–Trinajstić information content (AvgIpc) is 2.27. The molecule has 4 N–H and O–H groups in total. The highest BCUT2D eigenvalue weighted by atomic mass is 16.4. The quantitative estimate of drug-likeness (QED) is 0.531. The van der Waals surface area contributed by atoms with Gasteiger partial charge in [-0.3, -0.25) is 0 Å². The summed E-state index contributed by atoms with van der Waals surface area (Å²) in [5.74, 6) is 0.0838. The van der Waals surface area contributed by atoms with E-state index in [0.717, 1.165) is 0 Å². The molecule has 6 heteroatoms. The molecule has 0 aromatic rings. The van der Waals surface area contributed by atoms with Gasteiger partial charge in [0, 0.05) is 19.5 Å². The third-order valence-electron chi connectivity index (χ3n) is 3.20. The Hall–Kier alpha value is -1.30. The SMILES string of the molecule is CC(C)C(CNC(=O)NCCC(O)C(=O)O)C(C)C. The maximum Gasteiger partial charge on any atom is 0.332 e. The Morgan fingerprint density at radius 2 is 1.58 bits per heavy atom. The van der Waals surface area contributed by atoms with Gasteiger partial charge in [0.05, 0.1) is 0 Å². The zero-order valence-corrected chi connectivity index (χ0v) is 12.1. The predicted molar refractivity (Wildman–Crippen MR) is 72.8 cm³/mol. The normalized spacial score (nSPS) is 12.8. The first kappa shape index (κ1) is 17.7. The van der Waals surface area contributed by atoms with Crippen molar-refractivity contribution < 1.29 is 19.8 Å². The highest BCUT2D eigenvalue weighted by Crippen LogP contribution is 2.19. The molecule has 0 heterocycles. The van der Waals surface area contributed by atoms with Crippen molar-refractivity contribution in [3.63, 3.8) is 0 Å². The number of rotatable bonds is 8. The summed E-state index contributed by atoms with van der Waals surface area (Å²) in [4.78, 5) is 21.9. The van der Waals surface area contributed by atoms with Crippen LogP contribution in [-0.4, -0.2) is 41.4 Å². The molecule has 0 aliphatic rings. The van der Waals surface area contributed by atoms with E-state index in [2.05, 4.69) is 38.3 Å². The first-order valence-corrected chi connectivity index (χ1v) is 6.68. The minimum absolute atomic E-state index is 0.000539. The van der Waals surface area contributed by atoms with Gasteiger partial charge < -0.3 is 20.8 Å². The van der Waals surface area contributed by atoms with Crippen molar-refractivity contribution in [2.75, 3.05) is 13.1 Å². The van der Waals surface area contributed by atoms with Crippen LogP contribution in [0.4, 0.5) is 4.79 Å². The molecule has 0 rings (SSSR count). The minimum atomic E-state index is -1.43. The van der Waals surface area contributed by atoms with Crippen LogP contribution in [0.3, 0.4) is 0 Å². The third kappa shape index (κ3) is 7.66. The number of hydrogen-bond acceptors (Lipinski definition) is 3. The van der Waals surface area contributed by atoms with Gasteiger partial charge in [-0.05, 0) is 17.8 Å². The van der Waals surface area contributed by atoms with Crippen LogP contribution in [0, 0.1) is 17.8 Å². The van der Waals surface area contributed by atoms with E-state index in [9.17, 15) is 9.59 Å². The maximum atomic E-state index is 11.5. The second-order valence-electron chi connectivity index (χ2n) is 5.43. The number of carboxylic acids is 1. The molecule has 1 unspecified atom stereocenters. The van der Waals surface area contributed by atoms with Gasteiger partial charge >= 0.3 is 12.0 Å². The van der Waals surface area contributed by atoms with Crippen molar-refractivity contribution >= 4 is 12.0 Å². The lowest BCUT2D eigenvalue weighted by atomic mass is 9.85. The molecule has 0 radical (unpaired) electrons. The van der Waals surface area contributed by atoms with Gasteiger partial charge in [0.25, 0.3) is 0 Å². The van der Waals surface area contributed by atoms with Crippen LogP contribution in [0.1, 0.15) is 34.1 Å². The van der Waals surface area contributed by atoms with Crippen molar-refractivity contribution in [3.05, 3.63) is 0 Å². The highest BCUT2D eigenvalue weighted by Gasteiger charge is 2.18. The molecule has 2 amide bonds. The minimum Gasteiger partial charge on any atom is -0.479 e. The van der Waals surface area contributed by atoms with E-state index in [1.54, 1.807) is 0 Å². The van der Waals surface area contributed by atoms with Crippen molar-refractivity contribution in [2.24, 2.45) is 17.8 Å². The number of aliphatic hydroxyl groups excluding tert-OH is 1. The lowest BCUT2D eigenvalue weighted by Crippen LogP contribution is -2.41. The van der Waals surface area contributed by atoms with Gasteiger partial charge in [-0.1, -0.05) is 27.7 Å². The number of carboxylic acid groups (broad SMARTS) is 1. The summed E-state index contributed by atoms with van der Waals surface area (Å²) >= 11 is 0. The van der Waals surface area contributed by atoms with Crippen LogP contribution < -0.4 is 10.6 Å². The molecule has 0 aliphatic carbocycles. The van der Waals surface area contributed by atoms with Crippen LogP contribution >= 0.6 is 0 Å². The number of amides is 2. The topological polar surface area (TPSA) is 98.7 Å². The van der Waals surface area contributed by atoms with Gasteiger partial charge in [-0.25, -0.2) is 9.59 Å². The molecular formula is C13H26N2O4. The molecule has 0 aliphatic heterocycles. The summed E-state index contributed by atoms with van der Waals surface area (Å²) in [7, 11) is 0. The number of carbonyl (C=O) groups is 2. The molecule has 19 heavy (non-hydrogen) atoms. The zero-order valence-electron chi connectivity index (χ0n) is 12.1. The fourth-order valence-electron chi connectivity index (χ4n) is 1.96. The summed E-state index contributed by atoms with van der Waals surface area (Å²) < 4.78 is 0. The molecule has 0 aromatic carbocycles. The molecule has 6 nitrogen and oxygen atoms in total. The smallest absolute Gasteiger partial charge is 0.332 e. The van der Waals surface area contributed by atoms with Crippen LogP contribution in [0.2, 0.25) is 0 Å². The van der Waals surface area contributed by atoms with Gasteiger partial charge in [-0.15, -0.1) is 0 Å². The van der Waals surface area contributed by atoms with E-state index in [4.69, 9.17) is 10.2 Å². The van der Waals surface area contributed by atoms with Crippen LogP contribution in [0.25, 0.3) is 0 Å². The molecule has 0 spiro atoms. The van der Waals surface area contributed by atoms with Crippen molar-refractivity contribution in [1.29, 1.82) is 0 Å². The molecule has 0 saturated carbocycles. The van der Waals surface area contributed by atoms with Crippen molar-refractivity contribution in [1.82, 2.24) is 10.6 Å². The second kappa shape index (κ2) is 8.74. The molecule has 0 saturated heterocycles. The molecule has 112 valence electrons. The standard InChI is InChI=1S/C13H26N2O4/c1-8(2)10(9(3)4)7-15-13(19)14-6-5-11(16)12(17)18/h8-11,16H,5-7H2,1-4H3,(H,17,18)(H2,14,15,19). The zero-order chi connectivity index (χ0) is 15.0. The molecule has 0 fully saturated rings. The lowest BCUT2D eigenvalue weighted by Gasteiger charge is -2.25. The van der Waals surface area contributed by atoms with E-state index in [1.807, 2.05) is 0 Å². The Labute approximate surface area is 114 Å². The highest BCUT2D eigenvalue weighted by molar-refractivity contribution is 5.74. The molecule has 1 atom stereocenters. The summed E-state index contributed by atoms with van der Waals surface area (Å²) in [5.41, 5.74) is 0. The van der Waals surface area contributed by atoms with Crippen molar-refractivity contribution in [3.8, 4) is 0 Å². The molecular weight excluding hydrogens is 248 g/mol. The van der Waals surface area contributed by atoms with E-state index >= 15 is 0 Å². The lowest BCUT2D eigenvalue weighted by molar-refractivity contribution is -0.146. The second-order valence-corrected chi connectivity index (χ2v) is 5.43. The first-order chi connectivity index (χ1) is 8.75. The fraction of sp³-hybridized carbons (Fsp3) is 0.846. The Morgan fingerprint density at radius 3 is 2.00 bits per heavy atom. The number of hydrogen-bond donors (Lipinski definition) is 4. The Balaban J connectivity index is 3.89. The maximum absolute atomic E-state index is 11.5. The fourth-order valence-corrected chi connectivity index (χ4v) is 1.96. The van der Waals surface area contributed by atoms with E-state index < -0.39 is 12.1 Å². The first-order valence-electron chi connectivity index (χ1n) is 6.68. The number of urea groups is 1. The Kier molecular flexibility index (Phi) is 8.14. The average molecular weight is 274 g/mol. The third-order valence-corrected chi connectivity index (χ3v) is 3.20. The van der Waals surface area contributed by atoms with Crippen LogP contribution in [0.15, 0.2) is 0 Å². The van der Waals surface area contributed by atoms with Gasteiger partial charge in [-0.2, -0.15) is 0 Å². The molecule has 0 aromatic heterocycles. The number of aliphatic carboxylic acids is 1. The Bertz CT molecular complexity index is 284. The largest absolute Gasteiger partial charge is 0.479 e.